The molecular formula is C14H18N2O2S. The predicted molar refractivity (Wildman–Crippen MR) is 77.4 cm³/mol. The van der Waals surface area contributed by atoms with Gasteiger partial charge in [-0.05, 0) is 17.7 Å². The minimum absolute atomic E-state index is 0.607. The van der Waals surface area contributed by atoms with Crippen LogP contribution in [-0.4, -0.2) is 25.3 Å². The summed E-state index contributed by atoms with van der Waals surface area (Å²) in [4.78, 5) is 4.24. The van der Waals surface area contributed by atoms with Gasteiger partial charge in [-0.2, -0.15) is 0 Å². The van der Waals surface area contributed by atoms with Gasteiger partial charge in [-0.25, -0.2) is 4.98 Å². The van der Waals surface area contributed by atoms with Crippen molar-refractivity contribution < 1.29 is 9.47 Å². The molecule has 0 unspecified atom stereocenters. The van der Waals surface area contributed by atoms with Crippen LogP contribution in [0.3, 0.4) is 0 Å². The quantitative estimate of drug-likeness (QED) is 0.754. The third kappa shape index (κ3) is 4.98. The third-order valence-electron chi connectivity index (χ3n) is 2.58. The molecule has 4 nitrogen and oxygen atoms in total. The van der Waals surface area contributed by atoms with Crippen LogP contribution in [0.4, 0.5) is 5.69 Å². The van der Waals surface area contributed by atoms with Gasteiger partial charge >= 0.3 is 0 Å². The van der Waals surface area contributed by atoms with Crippen molar-refractivity contribution >= 4 is 17.0 Å². The number of hydrogen-bond donors (Lipinski definition) is 1. The van der Waals surface area contributed by atoms with E-state index in [2.05, 4.69) is 22.4 Å². The summed E-state index contributed by atoms with van der Waals surface area (Å²) >= 11 is 1.61. The minimum Gasteiger partial charge on any atom is -0.382 e. The summed E-state index contributed by atoms with van der Waals surface area (Å²) in [5, 5.41) is 5.40. The van der Waals surface area contributed by atoms with Crippen LogP contribution < -0.4 is 5.32 Å². The van der Waals surface area contributed by atoms with E-state index in [4.69, 9.17) is 9.47 Å². The SMILES string of the molecule is COCCOCc1cccc(NCc2cscn2)c1. The molecule has 0 fully saturated rings. The van der Waals surface area contributed by atoms with E-state index in [9.17, 15) is 0 Å². The van der Waals surface area contributed by atoms with Gasteiger partial charge in [0, 0.05) is 18.2 Å². The highest BCUT2D eigenvalue weighted by Crippen LogP contribution is 2.13. The number of ether oxygens (including phenoxy) is 2. The molecule has 0 aliphatic heterocycles. The largest absolute Gasteiger partial charge is 0.382 e. The van der Waals surface area contributed by atoms with Gasteiger partial charge in [0.2, 0.25) is 0 Å². The molecule has 0 amide bonds. The van der Waals surface area contributed by atoms with E-state index in [0.29, 0.717) is 19.8 Å². The number of anilines is 1. The second kappa shape index (κ2) is 7.89. The number of benzene rings is 1. The summed E-state index contributed by atoms with van der Waals surface area (Å²) in [6.07, 6.45) is 0. The van der Waals surface area contributed by atoms with Crippen molar-refractivity contribution in [2.24, 2.45) is 0 Å². The topological polar surface area (TPSA) is 43.4 Å². The van der Waals surface area contributed by atoms with Crippen LogP contribution in [0.15, 0.2) is 35.2 Å². The Kier molecular flexibility index (Phi) is 5.81. The minimum atomic E-state index is 0.607. The summed E-state index contributed by atoms with van der Waals surface area (Å²) in [6, 6.07) is 8.23. The van der Waals surface area contributed by atoms with E-state index in [-0.39, 0.29) is 0 Å². The lowest BCUT2D eigenvalue weighted by Gasteiger charge is -2.08. The molecule has 0 aliphatic carbocycles. The van der Waals surface area contributed by atoms with Crippen LogP contribution in [-0.2, 0) is 22.6 Å². The zero-order valence-corrected chi connectivity index (χ0v) is 11.8. The van der Waals surface area contributed by atoms with Gasteiger partial charge in [-0.1, -0.05) is 12.1 Å². The van der Waals surface area contributed by atoms with Crippen molar-refractivity contribution in [1.82, 2.24) is 4.98 Å². The predicted octanol–water partition coefficient (Wildman–Crippen LogP) is 2.92. The highest BCUT2D eigenvalue weighted by atomic mass is 32.1. The Hall–Kier alpha value is -1.43. The Morgan fingerprint density at radius 3 is 3.05 bits per heavy atom. The number of nitrogens with one attached hydrogen (secondary N) is 1. The standard InChI is InChI=1S/C14H18N2O2S/c1-17-5-6-18-9-12-3-2-4-13(7-12)15-8-14-10-19-11-16-14/h2-4,7,10-11,15H,5-6,8-9H2,1H3. The van der Waals surface area contributed by atoms with Gasteiger partial charge in [0.25, 0.3) is 0 Å². The number of methoxy groups -OCH3 is 1. The Morgan fingerprint density at radius 2 is 2.26 bits per heavy atom. The Bertz CT molecular complexity index is 474. The van der Waals surface area contributed by atoms with E-state index in [1.165, 1.54) is 0 Å². The second-order valence-corrected chi connectivity index (χ2v) is 4.80. The van der Waals surface area contributed by atoms with Gasteiger partial charge in [0.15, 0.2) is 0 Å². The van der Waals surface area contributed by atoms with E-state index in [1.807, 2.05) is 23.0 Å². The highest BCUT2D eigenvalue weighted by molar-refractivity contribution is 7.07. The molecule has 0 bridgehead atoms. The molecule has 0 aliphatic rings. The molecule has 2 rings (SSSR count). The summed E-state index contributed by atoms with van der Waals surface area (Å²) in [5.41, 5.74) is 5.14. The molecular weight excluding hydrogens is 260 g/mol. The van der Waals surface area contributed by atoms with Crippen LogP contribution in [0.1, 0.15) is 11.3 Å². The van der Waals surface area contributed by atoms with Crippen LogP contribution >= 0.6 is 11.3 Å². The molecule has 0 saturated heterocycles. The number of rotatable bonds is 8. The van der Waals surface area contributed by atoms with Gasteiger partial charge in [0.1, 0.15) is 0 Å². The fraction of sp³-hybridized carbons (Fsp3) is 0.357. The van der Waals surface area contributed by atoms with E-state index < -0.39 is 0 Å². The average Bonchev–Trinajstić information content (AvgIpc) is 2.95. The lowest BCUT2D eigenvalue weighted by Crippen LogP contribution is -2.03. The van der Waals surface area contributed by atoms with E-state index in [1.54, 1.807) is 18.4 Å². The Balaban J connectivity index is 1.81. The summed E-state index contributed by atoms with van der Waals surface area (Å²) in [5.74, 6) is 0. The van der Waals surface area contributed by atoms with Crippen molar-refractivity contribution in [3.05, 3.63) is 46.4 Å². The molecule has 0 spiro atoms. The maximum absolute atomic E-state index is 5.50. The molecule has 19 heavy (non-hydrogen) atoms. The fourth-order valence-corrected chi connectivity index (χ4v) is 2.18. The maximum Gasteiger partial charge on any atom is 0.0795 e. The number of nitrogens with zero attached hydrogens (tertiary/aromatic N) is 1. The van der Waals surface area contributed by atoms with Crippen LogP contribution in [0.2, 0.25) is 0 Å². The first kappa shape index (κ1) is 14.0. The molecule has 0 radical (unpaired) electrons. The molecule has 0 atom stereocenters. The van der Waals surface area contributed by atoms with Gasteiger partial charge < -0.3 is 14.8 Å². The maximum atomic E-state index is 5.50. The third-order valence-corrected chi connectivity index (χ3v) is 3.22. The highest BCUT2D eigenvalue weighted by Gasteiger charge is 1.98. The first-order valence-electron chi connectivity index (χ1n) is 6.15. The fourth-order valence-electron chi connectivity index (χ4n) is 1.62. The average molecular weight is 278 g/mol. The van der Waals surface area contributed by atoms with Crippen molar-refractivity contribution in [1.29, 1.82) is 0 Å². The van der Waals surface area contributed by atoms with Crippen molar-refractivity contribution in [3.8, 4) is 0 Å². The summed E-state index contributed by atoms with van der Waals surface area (Å²) < 4.78 is 10.4. The monoisotopic (exact) mass is 278 g/mol. The molecule has 2 aromatic rings. The number of hydrogen-bond acceptors (Lipinski definition) is 5. The smallest absolute Gasteiger partial charge is 0.0795 e. The molecule has 1 aromatic carbocycles. The Labute approximate surface area is 117 Å². The van der Waals surface area contributed by atoms with Crippen LogP contribution in [0.25, 0.3) is 0 Å². The summed E-state index contributed by atoms with van der Waals surface area (Å²) in [7, 11) is 1.67. The summed E-state index contributed by atoms with van der Waals surface area (Å²) in [6.45, 7) is 2.60. The normalized spacial score (nSPS) is 10.6. The molecule has 1 N–H and O–H groups in total. The van der Waals surface area contributed by atoms with E-state index in [0.717, 1.165) is 23.5 Å². The zero-order chi connectivity index (χ0) is 13.3. The van der Waals surface area contributed by atoms with Crippen molar-refractivity contribution in [3.63, 3.8) is 0 Å². The molecule has 5 heteroatoms. The van der Waals surface area contributed by atoms with Crippen LogP contribution in [0, 0.1) is 0 Å². The van der Waals surface area contributed by atoms with Crippen molar-refractivity contribution in [2.75, 3.05) is 25.6 Å². The zero-order valence-electron chi connectivity index (χ0n) is 11.0. The molecule has 1 aromatic heterocycles. The van der Waals surface area contributed by atoms with Crippen molar-refractivity contribution in [2.45, 2.75) is 13.2 Å². The van der Waals surface area contributed by atoms with Gasteiger partial charge in [0.05, 0.1) is 37.6 Å². The Morgan fingerprint density at radius 1 is 1.32 bits per heavy atom. The number of thiazole rings is 1. The van der Waals surface area contributed by atoms with E-state index >= 15 is 0 Å². The molecule has 1 heterocycles. The molecule has 0 saturated carbocycles. The van der Waals surface area contributed by atoms with Gasteiger partial charge in [-0.15, -0.1) is 11.3 Å². The van der Waals surface area contributed by atoms with Crippen LogP contribution in [0.5, 0.6) is 0 Å². The van der Waals surface area contributed by atoms with Gasteiger partial charge in [-0.3, -0.25) is 0 Å². The lowest BCUT2D eigenvalue weighted by molar-refractivity contribution is 0.0617. The number of aromatic nitrogens is 1. The lowest BCUT2D eigenvalue weighted by atomic mass is 10.2. The second-order valence-electron chi connectivity index (χ2n) is 4.08. The first-order valence-corrected chi connectivity index (χ1v) is 7.09. The molecule has 102 valence electrons. The first-order chi connectivity index (χ1) is 9.38.